The number of imide groups is 1. The first-order valence-electron chi connectivity index (χ1n) is 10.2. The molecule has 1 unspecified atom stereocenters. The molecule has 2 aliphatic rings. The van der Waals surface area contributed by atoms with Gasteiger partial charge in [0.1, 0.15) is 0 Å². The summed E-state index contributed by atoms with van der Waals surface area (Å²) in [7, 11) is 0. The van der Waals surface area contributed by atoms with Gasteiger partial charge in [0.25, 0.3) is 5.91 Å². The van der Waals surface area contributed by atoms with Crippen molar-refractivity contribution in [2.75, 3.05) is 19.6 Å². The van der Waals surface area contributed by atoms with Crippen LogP contribution in [0.2, 0.25) is 0 Å². The molecule has 31 heavy (non-hydrogen) atoms. The third-order valence-corrected chi connectivity index (χ3v) is 5.41. The molecular weight excluding hydrogens is 398 g/mol. The number of hydrogen-bond acceptors (Lipinski definition) is 5. The highest BCUT2D eigenvalue weighted by Gasteiger charge is 2.32. The van der Waals surface area contributed by atoms with Crippen molar-refractivity contribution in [3.63, 3.8) is 0 Å². The minimum Gasteiger partial charge on any atom is -0.444 e. The predicted molar refractivity (Wildman–Crippen MR) is 111 cm³/mol. The van der Waals surface area contributed by atoms with E-state index in [1.807, 2.05) is 6.07 Å². The first kappa shape index (κ1) is 20.6. The number of urea groups is 1. The Balaban J connectivity index is 1.52. The van der Waals surface area contributed by atoms with Crippen LogP contribution >= 0.6 is 0 Å². The van der Waals surface area contributed by atoms with Crippen LogP contribution in [0.25, 0.3) is 0 Å². The maximum atomic E-state index is 13.0. The lowest BCUT2D eigenvalue weighted by Gasteiger charge is -2.23. The summed E-state index contributed by atoms with van der Waals surface area (Å²) in [6.45, 7) is 1.33. The van der Waals surface area contributed by atoms with Crippen molar-refractivity contribution in [3.8, 4) is 0 Å². The number of hydrogen-bond donors (Lipinski definition) is 1. The first-order chi connectivity index (χ1) is 15.0. The third-order valence-electron chi connectivity index (χ3n) is 5.41. The van der Waals surface area contributed by atoms with Gasteiger partial charge in [-0.05, 0) is 30.5 Å². The molecule has 0 saturated carbocycles. The van der Waals surface area contributed by atoms with Crippen LogP contribution in [-0.2, 0) is 20.9 Å². The number of benzene rings is 2. The molecule has 0 radical (unpaired) electrons. The van der Waals surface area contributed by atoms with E-state index in [0.717, 1.165) is 17.7 Å². The molecule has 2 aromatic rings. The number of esters is 1. The molecule has 160 valence electrons. The zero-order chi connectivity index (χ0) is 21.8. The van der Waals surface area contributed by atoms with Gasteiger partial charge >= 0.3 is 12.0 Å². The van der Waals surface area contributed by atoms with Crippen LogP contribution in [0.3, 0.4) is 0 Å². The molecule has 4 amide bonds. The summed E-state index contributed by atoms with van der Waals surface area (Å²) in [5.41, 5.74) is 1.48. The first-order valence-corrected chi connectivity index (χ1v) is 10.2. The van der Waals surface area contributed by atoms with Gasteiger partial charge in [-0.1, -0.05) is 42.5 Å². The number of amides is 4. The molecule has 2 aliphatic heterocycles. The van der Waals surface area contributed by atoms with E-state index in [2.05, 4.69) is 5.32 Å². The summed E-state index contributed by atoms with van der Waals surface area (Å²) >= 11 is 0. The monoisotopic (exact) mass is 421 g/mol. The van der Waals surface area contributed by atoms with Gasteiger partial charge in [-0.15, -0.1) is 0 Å². The molecule has 0 aromatic heterocycles. The van der Waals surface area contributed by atoms with E-state index < -0.39 is 18.1 Å². The fraction of sp³-hybridized carbons (Fsp3) is 0.304. The van der Waals surface area contributed by atoms with Crippen LogP contribution in [0.4, 0.5) is 4.79 Å². The molecule has 0 spiro atoms. The number of ether oxygens (including phenoxy) is 1. The second-order valence-electron chi connectivity index (χ2n) is 7.57. The van der Waals surface area contributed by atoms with E-state index >= 15 is 0 Å². The molecule has 1 N–H and O–H groups in total. The van der Waals surface area contributed by atoms with Crippen LogP contribution in [0.1, 0.15) is 40.4 Å². The largest absolute Gasteiger partial charge is 0.444 e. The lowest BCUT2D eigenvalue weighted by atomic mass is 10.1. The molecule has 2 aromatic carbocycles. The summed E-state index contributed by atoms with van der Waals surface area (Å²) < 4.78 is 5.67. The highest BCUT2D eigenvalue weighted by molar-refractivity contribution is 6.02. The van der Waals surface area contributed by atoms with Crippen molar-refractivity contribution in [1.29, 1.82) is 0 Å². The molecule has 2 fully saturated rings. The Labute approximate surface area is 179 Å². The minimum atomic E-state index is -1.03. The molecule has 1 atom stereocenters. The zero-order valence-corrected chi connectivity index (χ0v) is 17.0. The van der Waals surface area contributed by atoms with Gasteiger partial charge in [-0.2, -0.15) is 0 Å². The topological polar surface area (TPSA) is 96.0 Å². The van der Waals surface area contributed by atoms with E-state index in [-0.39, 0.29) is 30.5 Å². The van der Waals surface area contributed by atoms with E-state index in [9.17, 15) is 19.2 Å². The fourth-order valence-corrected chi connectivity index (χ4v) is 3.76. The van der Waals surface area contributed by atoms with Crippen LogP contribution in [0, 0.1) is 0 Å². The summed E-state index contributed by atoms with van der Waals surface area (Å²) in [5, 5.41) is 2.46. The van der Waals surface area contributed by atoms with Crippen molar-refractivity contribution >= 4 is 23.8 Å². The molecule has 2 saturated heterocycles. The lowest BCUT2D eigenvalue weighted by Crippen LogP contribution is -2.35. The standard InChI is InChI=1S/C23H23N3O5/c27-19-14-24-23(30)26(19)15-16-7-6-10-18(13-16)22(29)31-20(17-8-2-1-3-9-17)21(28)25-11-4-5-12-25/h1-3,6-10,13,20H,4-5,11-12,14-15H2,(H,24,30). The number of rotatable bonds is 6. The third kappa shape index (κ3) is 4.58. The SMILES string of the molecule is O=C(OC(C(=O)N1CCCC1)c1ccccc1)c1cccc(CN2C(=O)CNC2=O)c1. The minimum absolute atomic E-state index is 0.0298. The van der Waals surface area contributed by atoms with Gasteiger partial charge in [-0.25, -0.2) is 9.59 Å². The average Bonchev–Trinajstić information content (AvgIpc) is 3.44. The summed E-state index contributed by atoms with van der Waals surface area (Å²) in [6, 6.07) is 15.0. The van der Waals surface area contributed by atoms with Crippen molar-refractivity contribution in [2.45, 2.75) is 25.5 Å². The summed E-state index contributed by atoms with van der Waals surface area (Å²) in [4.78, 5) is 52.4. The molecule has 0 bridgehead atoms. The Morgan fingerprint density at radius 1 is 1.00 bits per heavy atom. The second kappa shape index (κ2) is 8.99. The van der Waals surface area contributed by atoms with Gasteiger partial charge in [0.2, 0.25) is 12.0 Å². The van der Waals surface area contributed by atoms with Crippen molar-refractivity contribution in [2.24, 2.45) is 0 Å². The van der Waals surface area contributed by atoms with Gasteiger partial charge in [0, 0.05) is 18.7 Å². The second-order valence-corrected chi connectivity index (χ2v) is 7.57. The smallest absolute Gasteiger partial charge is 0.339 e. The van der Waals surface area contributed by atoms with Crippen LogP contribution < -0.4 is 5.32 Å². The van der Waals surface area contributed by atoms with E-state index in [1.54, 1.807) is 53.4 Å². The summed E-state index contributed by atoms with van der Waals surface area (Å²) in [5.74, 6) is -1.19. The molecule has 4 rings (SSSR count). The Bertz CT molecular complexity index is 985. The molecule has 0 aliphatic carbocycles. The van der Waals surface area contributed by atoms with Crippen LogP contribution in [-0.4, -0.2) is 53.2 Å². The predicted octanol–water partition coefficient (Wildman–Crippen LogP) is 2.26. The Morgan fingerprint density at radius 3 is 2.42 bits per heavy atom. The lowest BCUT2D eigenvalue weighted by molar-refractivity contribution is -0.140. The molecule has 8 nitrogen and oxygen atoms in total. The number of nitrogens with zero attached hydrogens (tertiary/aromatic N) is 2. The van der Waals surface area contributed by atoms with Gasteiger partial charge < -0.3 is 15.0 Å². The Hall–Kier alpha value is -3.68. The quantitative estimate of drug-likeness (QED) is 0.570. The van der Waals surface area contributed by atoms with Crippen molar-refractivity contribution in [3.05, 3.63) is 71.3 Å². The molecule has 8 heteroatoms. The van der Waals surface area contributed by atoms with Gasteiger partial charge in [0.05, 0.1) is 18.7 Å². The highest BCUT2D eigenvalue weighted by Crippen LogP contribution is 2.24. The molecular formula is C23H23N3O5. The number of carbonyl (C=O) groups is 4. The maximum absolute atomic E-state index is 13.0. The van der Waals surface area contributed by atoms with Crippen molar-refractivity contribution < 1.29 is 23.9 Å². The van der Waals surface area contributed by atoms with Crippen LogP contribution in [0.15, 0.2) is 54.6 Å². The molecule has 2 heterocycles. The van der Waals surface area contributed by atoms with E-state index in [1.165, 1.54) is 0 Å². The van der Waals surface area contributed by atoms with Gasteiger partial charge in [0.15, 0.2) is 0 Å². The van der Waals surface area contributed by atoms with Gasteiger partial charge in [-0.3, -0.25) is 14.5 Å². The highest BCUT2D eigenvalue weighted by atomic mass is 16.5. The van der Waals surface area contributed by atoms with Crippen molar-refractivity contribution in [1.82, 2.24) is 15.1 Å². The Morgan fingerprint density at radius 2 is 1.74 bits per heavy atom. The number of likely N-dealkylation sites (tertiary alicyclic amines) is 1. The van der Waals surface area contributed by atoms with E-state index in [4.69, 9.17) is 4.74 Å². The number of nitrogens with one attached hydrogen (secondary N) is 1. The summed E-state index contributed by atoms with van der Waals surface area (Å²) in [6.07, 6.45) is 0.847. The fourth-order valence-electron chi connectivity index (χ4n) is 3.76. The normalized spacial score (nSPS) is 16.9. The maximum Gasteiger partial charge on any atom is 0.339 e. The average molecular weight is 421 g/mol. The van der Waals surface area contributed by atoms with E-state index in [0.29, 0.717) is 24.2 Å². The Kier molecular flexibility index (Phi) is 5.97. The zero-order valence-electron chi connectivity index (χ0n) is 17.0. The number of carbonyl (C=O) groups excluding carboxylic acids is 4. The van der Waals surface area contributed by atoms with Crippen LogP contribution in [0.5, 0.6) is 0 Å².